The number of rotatable bonds is 0. The third-order valence-corrected chi connectivity index (χ3v) is 3.44. The van der Waals surface area contributed by atoms with Crippen LogP contribution >= 0.6 is 0 Å². The van der Waals surface area contributed by atoms with E-state index in [0.717, 1.165) is 17.2 Å². The van der Waals surface area contributed by atoms with Gasteiger partial charge in [-0.25, -0.2) is 0 Å². The van der Waals surface area contributed by atoms with Crippen LogP contribution in [0.5, 0.6) is 0 Å². The van der Waals surface area contributed by atoms with Crippen molar-refractivity contribution in [3.05, 3.63) is 47.0 Å². The zero-order valence-corrected chi connectivity index (χ0v) is 11.5. The van der Waals surface area contributed by atoms with Gasteiger partial charge in [0, 0.05) is 0 Å². The summed E-state index contributed by atoms with van der Waals surface area (Å²) in [5.74, 6) is 0. The van der Waals surface area contributed by atoms with E-state index in [4.69, 9.17) is 0 Å². The Kier molecular flexibility index (Phi) is 3.12. The van der Waals surface area contributed by atoms with E-state index in [1.54, 1.807) is 12.1 Å². The summed E-state index contributed by atoms with van der Waals surface area (Å²) in [6.45, 7) is 8.08. The molecule has 102 valence electrons. The molecule has 0 aromatic heterocycles. The highest BCUT2D eigenvalue weighted by Gasteiger charge is 2.32. The zero-order valence-electron chi connectivity index (χ0n) is 11.5. The van der Waals surface area contributed by atoms with Crippen LogP contribution in [0.4, 0.5) is 13.2 Å². The first-order valence-corrected chi connectivity index (χ1v) is 6.22. The van der Waals surface area contributed by atoms with Crippen molar-refractivity contribution in [3.63, 3.8) is 0 Å². The molecule has 0 aliphatic rings. The van der Waals surface area contributed by atoms with E-state index in [0.29, 0.717) is 5.39 Å². The van der Waals surface area contributed by atoms with E-state index >= 15 is 0 Å². The van der Waals surface area contributed by atoms with E-state index in [1.807, 2.05) is 13.0 Å². The van der Waals surface area contributed by atoms with E-state index < -0.39 is 11.7 Å². The molecule has 0 spiro atoms. The van der Waals surface area contributed by atoms with Crippen LogP contribution < -0.4 is 0 Å². The molecule has 0 saturated heterocycles. The van der Waals surface area contributed by atoms with Crippen molar-refractivity contribution in [1.82, 2.24) is 0 Å². The molecule has 0 aliphatic heterocycles. The van der Waals surface area contributed by atoms with Gasteiger partial charge in [-0.2, -0.15) is 13.2 Å². The number of fused-ring (bicyclic) bond motifs is 1. The van der Waals surface area contributed by atoms with Crippen LogP contribution in [-0.4, -0.2) is 0 Å². The Morgan fingerprint density at radius 1 is 0.789 bits per heavy atom. The minimum atomic E-state index is -4.31. The first-order chi connectivity index (χ1) is 8.62. The third-order valence-electron chi connectivity index (χ3n) is 3.44. The second kappa shape index (κ2) is 4.26. The molecule has 0 unspecified atom stereocenters. The Labute approximate surface area is 111 Å². The van der Waals surface area contributed by atoms with Crippen molar-refractivity contribution < 1.29 is 13.2 Å². The van der Waals surface area contributed by atoms with Crippen molar-refractivity contribution in [2.75, 3.05) is 0 Å². The van der Waals surface area contributed by atoms with Crippen molar-refractivity contribution in [1.29, 1.82) is 0 Å². The molecule has 0 nitrogen and oxygen atoms in total. The minimum Gasteiger partial charge on any atom is -0.166 e. The zero-order chi connectivity index (χ0) is 14.4. The second-order valence-electron chi connectivity index (χ2n) is 5.89. The van der Waals surface area contributed by atoms with Crippen molar-refractivity contribution in [3.8, 4) is 0 Å². The van der Waals surface area contributed by atoms with Gasteiger partial charge in [0.1, 0.15) is 0 Å². The summed E-state index contributed by atoms with van der Waals surface area (Å²) in [7, 11) is 0. The first-order valence-electron chi connectivity index (χ1n) is 6.22. The monoisotopic (exact) mass is 266 g/mol. The van der Waals surface area contributed by atoms with Gasteiger partial charge in [0.15, 0.2) is 0 Å². The van der Waals surface area contributed by atoms with Crippen LogP contribution in [0.2, 0.25) is 0 Å². The molecule has 2 rings (SSSR count). The summed E-state index contributed by atoms with van der Waals surface area (Å²) in [6.07, 6.45) is -4.31. The maximum Gasteiger partial charge on any atom is 0.417 e. The predicted octanol–water partition coefficient (Wildman–Crippen LogP) is 5.46. The van der Waals surface area contributed by atoms with Gasteiger partial charge in [-0.15, -0.1) is 0 Å². The molecule has 0 fully saturated rings. The summed E-state index contributed by atoms with van der Waals surface area (Å²) in [5, 5.41) is 0.961. The average molecular weight is 266 g/mol. The Morgan fingerprint density at radius 2 is 1.42 bits per heavy atom. The Balaban J connectivity index is 2.81. The molecule has 0 radical (unpaired) electrons. The Hall–Kier alpha value is -1.51. The summed E-state index contributed by atoms with van der Waals surface area (Å²) >= 11 is 0. The SMILES string of the molecule is Cc1c(C(C)(C)C)ccc2c(C(F)(F)F)cccc12. The normalized spacial score (nSPS) is 13.0. The van der Waals surface area contributed by atoms with Crippen LogP contribution in [0.1, 0.15) is 37.5 Å². The van der Waals surface area contributed by atoms with Crippen LogP contribution in [-0.2, 0) is 11.6 Å². The molecule has 0 heterocycles. The Bertz CT molecular complexity index is 616. The molecule has 0 aliphatic carbocycles. The Morgan fingerprint density at radius 3 is 1.95 bits per heavy atom. The van der Waals surface area contributed by atoms with Crippen LogP contribution in [0.25, 0.3) is 10.8 Å². The first kappa shape index (κ1) is 13.9. The van der Waals surface area contributed by atoms with E-state index in [2.05, 4.69) is 20.8 Å². The molecule has 3 heteroatoms. The lowest BCUT2D eigenvalue weighted by Gasteiger charge is -2.23. The number of hydrogen-bond donors (Lipinski definition) is 0. The van der Waals surface area contributed by atoms with Crippen molar-refractivity contribution in [2.45, 2.75) is 39.3 Å². The third kappa shape index (κ3) is 2.46. The fourth-order valence-corrected chi connectivity index (χ4v) is 2.57. The summed E-state index contributed by atoms with van der Waals surface area (Å²) < 4.78 is 39.0. The standard InChI is InChI=1S/C16H17F3/c1-10-11-6-5-7-14(16(17,18)19)12(11)8-9-13(10)15(2,3)4/h5-9H,1-4H3. The molecular weight excluding hydrogens is 249 g/mol. The van der Waals surface area contributed by atoms with Gasteiger partial charge in [-0.1, -0.05) is 45.0 Å². The van der Waals surface area contributed by atoms with Crippen LogP contribution in [0, 0.1) is 6.92 Å². The topological polar surface area (TPSA) is 0 Å². The van der Waals surface area contributed by atoms with Gasteiger partial charge >= 0.3 is 6.18 Å². The fraction of sp³-hybridized carbons (Fsp3) is 0.375. The highest BCUT2D eigenvalue weighted by molar-refractivity contribution is 5.90. The van der Waals surface area contributed by atoms with Gasteiger partial charge < -0.3 is 0 Å². The molecule has 0 atom stereocenters. The van der Waals surface area contributed by atoms with Gasteiger partial charge in [-0.3, -0.25) is 0 Å². The molecule has 0 amide bonds. The smallest absolute Gasteiger partial charge is 0.166 e. The number of hydrogen-bond acceptors (Lipinski definition) is 0. The summed E-state index contributed by atoms with van der Waals surface area (Å²) in [4.78, 5) is 0. The highest BCUT2D eigenvalue weighted by Crippen LogP contribution is 2.38. The van der Waals surface area contributed by atoms with E-state index in [1.165, 1.54) is 6.07 Å². The molecule has 0 saturated carbocycles. The van der Waals surface area contributed by atoms with E-state index in [-0.39, 0.29) is 10.8 Å². The number of benzene rings is 2. The number of halogens is 3. The molecule has 2 aromatic carbocycles. The fourth-order valence-electron chi connectivity index (χ4n) is 2.57. The number of aryl methyl sites for hydroxylation is 1. The van der Waals surface area contributed by atoms with Gasteiger partial charge in [0.05, 0.1) is 5.56 Å². The molecule has 0 N–H and O–H groups in total. The number of alkyl halides is 3. The van der Waals surface area contributed by atoms with Gasteiger partial charge in [0.25, 0.3) is 0 Å². The molecule has 2 aromatic rings. The maximum atomic E-state index is 13.0. The predicted molar refractivity (Wildman–Crippen MR) is 72.4 cm³/mol. The van der Waals surface area contributed by atoms with Crippen LogP contribution in [0.3, 0.4) is 0 Å². The molecule has 0 bridgehead atoms. The van der Waals surface area contributed by atoms with Gasteiger partial charge in [0.2, 0.25) is 0 Å². The van der Waals surface area contributed by atoms with Crippen molar-refractivity contribution >= 4 is 10.8 Å². The lowest BCUT2D eigenvalue weighted by atomic mass is 9.82. The lowest BCUT2D eigenvalue weighted by Crippen LogP contribution is -2.13. The van der Waals surface area contributed by atoms with Crippen LogP contribution in [0.15, 0.2) is 30.3 Å². The summed E-state index contributed by atoms with van der Waals surface area (Å²) in [5.41, 5.74) is 1.37. The van der Waals surface area contributed by atoms with E-state index in [9.17, 15) is 13.2 Å². The van der Waals surface area contributed by atoms with Gasteiger partial charge in [-0.05, 0) is 40.3 Å². The van der Waals surface area contributed by atoms with Crippen molar-refractivity contribution in [2.24, 2.45) is 0 Å². The average Bonchev–Trinajstić information content (AvgIpc) is 2.26. The second-order valence-corrected chi connectivity index (χ2v) is 5.89. The maximum absolute atomic E-state index is 13.0. The largest absolute Gasteiger partial charge is 0.417 e. The summed E-state index contributed by atoms with van der Waals surface area (Å²) in [6, 6.07) is 7.77. The quantitative estimate of drug-likeness (QED) is 0.593. The molecule has 19 heavy (non-hydrogen) atoms. The lowest BCUT2D eigenvalue weighted by molar-refractivity contribution is -0.136. The molecular formula is C16H17F3. The highest BCUT2D eigenvalue weighted by atomic mass is 19.4. The minimum absolute atomic E-state index is 0.0769.